The second kappa shape index (κ2) is 9.50. The predicted molar refractivity (Wildman–Crippen MR) is 123 cm³/mol. The quantitative estimate of drug-likeness (QED) is 0.768. The number of benzene rings is 1. The lowest BCUT2D eigenvalue weighted by molar-refractivity contribution is -0.0221. The van der Waals surface area contributed by atoms with Crippen LogP contribution in [0, 0.1) is 0 Å². The molecule has 3 heterocycles. The highest BCUT2D eigenvalue weighted by atomic mass is 19.3. The van der Waals surface area contributed by atoms with Gasteiger partial charge in [0.15, 0.2) is 0 Å². The minimum absolute atomic E-state index is 0.155. The number of amides is 1. The molecule has 2 fully saturated rings. The third kappa shape index (κ3) is 5.42. The van der Waals surface area contributed by atoms with Gasteiger partial charge in [0.05, 0.1) is 5.56 Å². The van der Waals surface area contributed by atoms with E-state index >= 15 is 0 Å². The summed E-state index contributed by atoms with van der Waals surface area (Å²) in [5.74, 6) is -2.11. The Hall–Kier alpha value is -2.58. The number of carbonyl (C=O) groups excluding carboxylic acids is 1. The molecule has 1 atom stereocenters. The fraction of sp³-hybridized carbons (Fsp3) is 0.500. The molecular weight excluding hydrogens is 412 g/mol. The topological polar surface area (TPSA) is 51.7 Å². The predicted octanol–water partition coefficient (Wildman–Crippen LogP) is 3.39. The summed E-state index contributed by atoms with van der Waals surface area (Å²) in [5, 5.41) is 3.45. The zero-order valence-corrected chi connectivity index (χ0v) is 18.7. The second-order valence-electron chi connectivity index (χ2n) is 8.87. The molecule has 1 aromatic heterocycles. The molecule has 0 radical (unpaired) electrons. The summed E-state index contributed by atoms with van der Waals surface area (Å²) in [5.41, 5.74) is 2.51. The Morgan fingerprint density at radius 1 is 1.16 bits per heavy atom. The normalized spacial score (nSPS) is 21.4. The largest absolute Gasteiger partial charge is 0.356 e. The third-order valence-electron chi connectivity index (χ3n) is 6.30. The van der Waals surface area contributed by atoms with Crippen molar-refractivity contribution in [2.75, 3.05) is 49.6 Å². The van der Waals surface area contributed by atoms with Gasteiger partial charge in [-0.05, 0) is 36.8 Å². The number of aromatic nitrogens is 1. The maximum absolute atomic E-state index is 13.4. The number of anilines is 2. The summed E-state index contributed by atoms with van der Waals surface area (Å²) in [6, 6.07) is 12.0. The average Bonchev–Trinajstić information content (AvgIpc) is 2.79. The second-order valence-corrected chi connectivity index (χ2v) is 8.87. The summed E-state index contributed by atoms with van der Waals surface area (Å²) in [7, 11) is 1.75. The summed E-state index contributed by atoms with van der Waals surface area (Å²) < 4.78 is 26.7. The van der Waals surface area contributed by atoms with Crippen LogP contribution in [-0.2, 0) is 6.54 Å². The van der Waals surface area contributed by atoms with Crippen molar-refractivity contribution in [3.8, 4) is 0 Å². The number of rotatable bonds is 5. The minimum atomic E-state index is -2.59. The number of nitrogens with zero attached hydrogens (tertiary/aromatic N) is 4. The van der Waals surface area contributed by atoms with Crippen molar-refractivity contribution in [2.45, 2.75) is 38.3 Å². The van der Waals surface area contributed by atoms with E-state index in [-0.39, 0.29) is 31.8 Å². The number of piperidine rings is 1. The fourth-order valence-corrected chi connectivity index (χ4v) is 4.31. The molecule has 172 valence electrons. The lowest BCUT2D eigenvalue weighted by atomic mass is 10.1. The van der Waals surface area contributed by atoms with Crippen LogP contribution < -0.4 is 15.1 Å². The first-order valence-electron chi connectivity index (χ1n) is 11.2. The Kier molecular flexibility index (Phi) is 6.71. The molecule has 1 aromatic carbocycles. The molecule has 0 unspecified atom stereocenters. The summed E-state index contributed by atoms with van der Waals surface area (Å²) in [6.45, 7) is 6.71. The monoisotopic (exact) mass is 443 g/mol. The lowest BCUT2D eigenvalue weighted by Gasteiger charge is -2.32. The number of carbonyl (C=O) groups is 1. The average molecular weight is 444 g/mol. The van der Waals surface area contributed by atoms with E-state index in [1.807, 2.05) is 17.0 Å². The van der Waals surface area contributed by atoms with E-state index in [4.69, 9.17) is 0 Å². The van der Waals surface area contributed by atoms with Crippen LogP contribution in [0.2, 0.25) is 0 Å². The van der Waals surface area contributed by atoms with E-state index in [0.29, 0.717) is 17.4 Å². The van der Waals surface area contributed by atoms with Gasteiger partial charge >= 0.3 is 0 Å². The Labute approximate surface area is 188 Å². The van der Waals surface area contributed by atoms with Crippen LogP contribution in [0.15, 0.2) is 42.6 Å². The van der Waals surface area contributed by atoms with Crippen molar-refractivity contribution in [3.05, 3.63) is 53.7 Å². The molecule has 0 saturated carbocycles. The standard InChI is InChI=1S/C24H31F2N5O/c1-18-16-30(14-11-27-18)17-19-3-6-21(7-4-19)29(2)23(32)20-5-8-22(28-15-20)31-12-9-24(25,26)10-13-31/h3-8,15,18,27H,9-14,16-17H2,1-2H3/t18-/m0/s1. The van der Waals surface area contributed by atoms with Crippen LogP contribution >= 0.6 is 0 Å². The summed E-state index contributed by atoms with van der Waals surface area (Å²) in [6.07, 6.45) is 1.20. The lowest BCUT2D eigenvalue weighted by Crippen LogP contribution is -2.48. The van der Waals surface area contributed by atoms with Crippen LogP contribution in [0.5, 0.6) is 0 Å². The zero-order valence-electron chi connectivity index (χ0n) is 18.7. The Morgan fingerprint density at radius 2 is 1.88 bits per heavy atom. The van der Waals surface area contributed by atoms with E-state index in [1.165, 1.54) is 11.8 Å². The SMILES string of the molecule is C[C@H]1CN(Cc2ccc(N(C)C(=O)c3ccc(N4CCC(F)(F)CC4)nc3)cc2)CCN1. The van der Waals surface area contributed by atoms with Gasteiger partial charge in [0.2, 0.25) is 0 Å². The number of hydrogen-bond donors (Lipinski definition) is 1. The Bertz CT molecular complexity index is 909. The van der Waals surface area contributed by atoms with Gasteiger partial charge in [-0.2, -0.15) is 0 Å². The van der Waals surface area contributed by atoms with Crippen LogP contribution in [-0.4, -0.2) is 67.5 Å². The number of nitrogens with one attached hydrogen (secondary N) is 1. The Balaban J connectivity index is 1.35. The van der Waals surface area contributed by atoms with Crippen LogP contribution in [0.1, 0.15) is 35.7 Å². The van der Waals surface area contributed by atoms with Crippen molar-refractivity contribution < 1.29 is 13.6 Å². The van der Waals surface area contributed by atoms with Gasteiger partial charge in [-0.3, -0.25) is 9.69 Å². The number of piperazine rings is 1. The number of hydrogen-bond acceptors (Lipinski definition) is 5. The first-order chi connectivity index (χ1) is 15.3. The summed E-state index contributed by atoms with van der Waals surface area (Å²) in [4.78, 5) is 23.1. The molecule has 2 aromatic rings. The van der Waals surface area contributed by atoms with E-state index < -0.39 is 5.92 Å². The number of pyridine rings is 1. The van der Waals surface area contributed by atoms with Crippen molar-refractivity contribution in [2.24, 2.45) is 0 Å². The smallest absolute Gasteiger partial charge is 0.259 e. The van der Waals surface area contributed by atoms with Gasteiger partial charge in [-0.25, -0.2) is 13.8 Å². The van der Waals surface area contributed by atoms with Crippen molar-refractivity contribution >= 4 is 17.4 Å². The molecule has 4 rings (SSSR count). The van der Waals surface area contributed by atoms with Gasteiger partial charge in [-0.1, -0.05) is 12.1 Å². The van der Waals surface area contributed by atoms with Gasteiger partial charge in [-0.15, -0.1) is 0 Å². The van der Waals surface area contributed by atoms with E-state index in [2.05, 4.69) is 34.3 Å². The zero-order chi connectivity index (χ0) is 22.7. The molecule has 2 saturated heterocycles. The maximum Gasteiger partial charge on any atom is 0.259 e. The molecule has 6 nitrogen and oxygen atoms in total. The van der Waals surface area contributed by atoms with Crippen molar-refractivity contribution in [3.63, 3.8) is 0 Å². The van der Waals surface area contributed by atoms with Crippen molar-refractivity contribution in [1.82, 2.24) is 15.2 Å². The first-order valence-corrected chi connectivity index (χ1v) is 11.2. The molecule has 8 heteroatoms. The molecular formula is C24H31F2N5O. The highest BCUT2D eigenvalue weighted by Crippen LogP contribution is 2.29. The molecule has 0 bridgehead atoms. The molecule has 1 amide bonds. The molecule has 2 aliphatic rings. The summed E-state index contributed by atoms with van der Waals surface area (Å²) >= 11 is 0. The van der Waals surface area contributed by atoms with E-state index in [9.17, 15) is 13.6 Å². The van der Waals surface area contributed by atoms with Gasteiger partial charge in [0.25, 0.3) is 11.8 Å². The highest BCUT2D eigenvalue weighted by molar-refractivity contribution is 6.05. The Morgan fingerprint density at radius 3 is 2.50 bits per heavy atom. The van der Waals surface area contributed by atoms with E-state index in [1.54, 1.807) is 24.1 Å². The van der Waals surface area contributed by atoms with Gasteiger partial charge in [0, 0.05) is 77.1 Å². The highest BCUT2D eigenvalue weighted by Gasteiger charge is 2.34. The van der Waals surface area contributed by atoms with Gasteiger partial charge < -0.3 is 15.1 Å². The van der Waals surface area contributed by atoms with E-state index in [0.717, 1.165) is 31.9 Å². The van der Waals surface area contributed by atoms with Crippen LogP contribution in [0.25, 0.3) is 0 Å². The number of halogens is 2. The molecule has 2 aliphatic heterocycles. The third-order valence-corrected chi connectivity index (χ3v) is 6.30. The van der Waals surface area contributed by atoms with Crippen LogP contribution in [0.3, 0.4) is 0 Å². The minimum Gasteiger partial charge on any atom is -0.356 e. The molecule has 0 aliphatic carbocycles. The fourth-order valence-electron chi connectivity index (χ4n) is 4.31. The van der Waals surface area contributed by atoms with Crippen molar-refractivity contribution in [1.29, 1.82) is 0 Å². The van der Waals surface area contributed by atoms with Gasteiger partial charge in [0.1, 0.15) is 5.82 Å². The maximum atomic E-state index is 13.4. The molecule has 1 N–H and O–H groups in total. The molecule has 0 spiro atoms. The number of alkyl halides is 2. The van der Waals surface area contributed by atoms with Crippen LogP contribution in [0.4, 0.5) is 20.3 Å². The first kappa shape index (κ1) is 22.6. The molecule has 32 heavy (non-hydrogen) atoms.